The van der Waals surface area contributed by atoms with Crippen LogP contribution < -0.4 is 4.90 Å². The van der Waals surface area contributed by atoms with Crippen molar-refractivity contribution in [3.63, 3.8) is 0 Å². The van der Waals surface area contributed by atoms with Gasteiger partial charge in [0.25, 0.3) is 0 Å². The summed E-state index contributed by atoms with van der Waals surface area (Å²) in [6.45, 7) is 2.44. The number of benzene rings is 2. The molecular formula is C22H21FN2OS. The maximum absolute atomic E-state index is 14.5. The Morgan fingerprint density at radius 1 is 1.26 bits per heavy atom. The van der Waals surface area contributed by atoms with Gasteiger partial charge < -0.3 is 4.90 Å². The normalized spacial score (nSPS) is 13.5. The number of carbonyl (C=O) groups excluding carboxylic acids is 1. The van der Waals surface area contributed by atoms with Crippen LogP contribution in [0, 0.1) is 12.7 Å². The van der Waals surface area contributed by atoms with Crippen molar-refractivity contribution in [1.29, 1.82) is 0 Å². The summed E-state index contributed by atoms with van der Waals surface area (Å²) < 4.78 is 14.5. The first-order valence-electron chi connectivity index (χ1n) is 9.17. The summed E-state index contributed by atoms with van der Waals surface area (Å²) in [7, 11) is 0. The fourth-order valence-corrected chi connectivity index (χ4v) is 4.45. The molecule has 27 heavy (non-hydrogen) atoms. The largest absolute Gasteiger partial charge is 0.309 e. The van der Waals surface area contributed by atoms with Crippen LogP contribution in [0.2, 0.25) is 0 Å². The van der Waals surface area contributed by atoms with Crippen molar-refractivity contribution in [3.05, 3.63) is 81.1 Å². The average Bonchev–Trinajstić information content (AvgIpc) is 3.08. The fraction of sp³-hybridized carbons (Fsp3) is 0.273. The summed E-state index contributed by atoms with van der Waals surface area (Å²) >= 11 is 1.57. The molecule has 0 unspecified atom stereocenters. The van der Waals surface area contributed by atoms with E-state index in [1.54, 1.807) is 16.2 Å². The van der Waals surface area contributed by atoms with Gasteiger partial charge in [-0.3, -0.25) is 4.79 Å². The molecule has 0 atom stereocenters. The van der Waals surface area contributed by atoms with Gasteiger partial charge in [-0.1, -0.05) is 36.4 Å². The van der Waals surface area contributed by atoms with E-state index >= 15 is 0 Å². The van der Waals surface area contributed by atoms with Crippen LogP contribution in [0.1, 0.15) is 33.8 Å². The summed E-state index contributed by atoms with van der Waals surface area (Å²) in [6.07, 6.45) is 2.64. The molecule has 2 aromatic carbocycles. The van der Waals surface area contributed by atoms with Gasteiger partial charge in [0.1, 0.15) is 5.82 Å². The van der Waals surface area contributed by atoms with Gasteiger partial charge in [0.15, 0.2) is 0 Å². The van der Waals surface area contributed by atoms with Gasteiger partial charge in [-0.2, -0.15) is 0 Å². The molecule has 5 heteroatoms. The molecule has 1 aromatic heterocycles. The SMILES string of the molecule is Cc1cc(F)c2c(c1)CCCN2C(=O)Cc1csc(Cc2ccccc2)n1. The molecule has 1 amide bonds. The third kappa shape index (κ3) is 3.93. The van der Waals surface area contributed by atoms with Gasteiger partial charge in [-0.25, -0.2) is 9.37 Å². The van der Waals surface area contributed by atoms with E-state index in [1.807, 2.05) is 36.6 Å². The van der Waals surface area contributed by atoms with Gasteiger partial charge in [0.05, 0.1) is 22.8 Å². The van der Waals surface area contributed by atoms with E-state index in [0.29, 0.717) is 12.2 Å². The Morgan fingerprint density at radius 2 is 2.07 bits per heavy atom. The molecule has 1 aliphatic rings. The summed E-state index contributed by atoms with van der Waals surface area (Å²) in [4.78, 5) is 19.1. The number of hydrogen-bond donors (Lipinski definition) is 0. The maximum Gasteiger partial charge on any atom is 0.233 e. The number of nitrogens with zero attached hydrogens (tertiary/aromatic N) is 2. The van der Waals surface area contributed by atoms with Crippen molar-refractivity contribution in [3.8, 4) is 0 Å². The molecule has 4 rings (SSSR count). The summed E-state index contributed by atoms with van der Waals surface area (Å²) in [5.41, 5.74) is 4.24. The third-order valence-corrected chi connectivity index (χ3v) is 5.71. The van der Waals surface area contributed by atoms with E-state index < -0.39 is 0 Å². The van der Waals surface area contributed by atoms with Crippen molar-refractivity contribution in [1.82, 2.24) is 4.98 Å². The van der Waals surface area contributed by atoms with E-state index in [1.165, 1.54) is 11.6 Å². The summed E-state index contributed by atoms with van der Waals surface area (Å²) in [5.74, 6) is -0.392. The van der Waals surface area contributed by atoms with Gasteiger partial charge >= 0.3 is 0 Å². The van der Waals surface area contributed by atoms with E-state index in [2.05, 4.69) is 17.1 Å². The number of aryl methyl sites for hydroxylation is 2. The lowest BCUT2D eigenvalue weighted by Gasteiger charge is -2.30. The van der Waals surface area contributed by atoms with Crippen molar-refractivity contribution in [2.45, 2.75) is 32.6 Å². The highest BCUT2D eigenvalue weighted by molar-refractivity contribution is 7.09. The molecule has 2 heterocycles. The fourth-order valence-electron chi connectivity index (χ4n) is 3.62. The molecule has 1 aliphatic heterocycles. The lowest BCUT2D eigenvalue weighted by molar-refractivity contribution is -0.118. The van der Waals surface area contributed by atoms with Crippen LogP contribution >= 0.6 is 11.3 Å². The highest BCUT2D eigenvalue weighted by Gasteiger charge is 2.26. The molecule has 0 N–H and O–H groups in total. The molecule has 3 nitrogen and oxygen atoms in total. The zero-order valence-electron chi connectivity index (χ0n) is 15.2. The van der Waals surface area contributed by atoms with E-state index in [-0.39, 0.29) is 18.1 Å². The average molecular weight is 380 g/mol. The number of amides is 1. The lowest BCUT2D eigenvalue weighted by Crippen LogP contribution is -2.37. The topological polar surface area (TPSA) is 33.2 Å². The number of aromatic nitrogens is 1. The number of rotatable bonds is 4. The number of carbonyl (C=O) groups is 1. The maximum atomic E-state index is 14.5. The number of anilines is 1. The zero-order chi connectivity index (χ0) is 18.8. The monoisotopic (exact) mass is 380 g/mol. The molecular weight excluding hydrogens is 359 g/mol. The molecule has 0 saturated carbocycles. The Balaban J connectivity index is 1.49. The minimum Gasteiger partial charge on any atom is -0.309 e. The summed E-state index contributed by atoms with van der Waals surface area (Å²) in [6, 6.07) is 13.6. The lowest BCUT2D eigenvalue weighted by atomic mass is 9.98. The molecule has 0 aliphatic carbocycles. The molecule has 0 spiro atoms. The molecule has 3 aromatic rings. The first-order valence-corrected chi connectivity index (χ1v) is 10.0. The van der Waals surface area contributed by atoms with Crippen LogP contribution in [-0.4, -0.2) is 17.4 Å². The minimum absolute atomic E-state index is 0.0877. The standard InChI is InChI=1S/C22H21FN2OS/c1-15-10-17-8-5-9-25(22(17)19(23)11-15)21(26)13-18-14-27-20(24-18)12-16-6-3-2-4-7-16/h2-4,6-7,10-11,14H,5,8-9,12-13H2,1H3. The van der Waals surface area contributed by atoms with E-state index in [4.69, 9.17) is 0 Å². The van der Waals surface area contributed by atoms with Crippen molar-refractivity contribution >= 4 is 22.9 Å². The van der Waals surface area contributed by atoms with Crippen LogP contribution in [0.5, 0.6) is 0 Å². The Hall–Kier alpha value is -2.53. The van der Waals surface area contributed by atoms with Crippen molar-refractivity contribution < 1.29 is 9.18 Å². The van der Waals surface area contributed by atoms with E-state index in [0.717, 1.165) is 41.1 Å². The second-order valence-electron chi connectivity index (χ2n) is 6.98. The Morgan fingerprint density at radius 3 is 2.89 bits per heavy atom. The highest BCUT2D eigenvalue weighted by atomic mass is 32.1. The van der Waals surface area contributed by atoms with Crippen molar-refractivity contribution in [2.75, 3.05) is 11.4 Å². The van der Waals surface area contributed by atoms with Crippen LogP contribution in [0.25, 0.3) is 0 Å². The molecule has 0 fully saturated rings. The first-order chi connectivity index (χ1) is 13.1. The predicted molar refractivity (Wildman–Crippen MR) is 107 cm³/mol. The highest BCUT2D eigenvalue weighted by Crippen LogP contribution is 2.31. The molecule has 138 valence electrons. The first kappa shape index (κ1) is 17.9. The van der Waals surface area contributed by atoms with Crippen LogP contribution in [-0.2, 0) is 24.1 Å². The van der Waals surface area contributed by atoms with Crippen molar-refractivity contribution in [2.24, 2.45) is 0 Å². The number of fused-ring (bicyclic) bond motifs is 1. The quantitative estimate of drug-likeness (QED) is 0.657. The third-order valence-electron chi connectivity index (χ3n) is 4.82. The predicted octanol–water partition coefficient (Wildman–Crippen LogP) is 4.70. The second-order valence-corrected chi connectivity index (χ2v) is 7.92. The number of halogens is 1. The smallest absolute Gasteiger partial charge is 0.233 e. The van der Waals surface area contributed by atoms with Crippen LogP contribution in [0.15, 0.2) is 47.8 Å². The van der Waals surface area contributed by atoms with Gasteiger partial charge in [-0.15, -0.1) is 11.3 Å². The van der Waals surface area contributed by atoms with E-state index in [9.17, 15) is 9.18 Å². The van der Waals surface area contributed by atoms with Gasteiger partial charge in [0, 0.05) is 18.3 Å². The zero-order valence-corrected chi connectivity index (χ0v) is 16.1. The molecule has 0 bridgehead atoms. The Bertz CT molecular complexity index is 968. The minimum atomic E-state index is -0.305. The summed E-state index contributed by atoms with van der Waals surface area (Å²) in [5, 5.41) is 2.93. The van der Waals surface area contributed by atoms with Gasteiger partial charge in [-0.05, 0) is 42.5 Å². The Labute approximate surface area is 162 Å². The second kappa shape index (κ2) is 7.61. The molecule has 0 saturated heterocycles. The number of thiazole rings is 1. The van der Waals surface area contributed by atoms with Gasteiger partial charge in [0.2, 0.25) is 5.91 Å². The Kier molecular flexibility index (Phi) is 5.03. The number of hydrogen-bond acceptors (Lipinski definition) is 3. The van der Waals surface area contributed by atoms with Crippen LogP contribution in [0.3, 0.4) is 0 Å². The van der Waals surface area contributed by atoms with Crippen LogP contribution in [0.4, 0.5) is 10.1 Å². The molecule has 0 radical (unpaired) electrons.